The predicted octanol–water partition coefficient (Wildman–Crippen LogP) is 4.46. The van der Waals surface area contributed by atoms with Crippen molar-refractivity contribution in [2.45, 2.75) is 24.3 Å². The molecule has 1 atom stereocenters. The van der Waals surface area contributed by atoms with Crippen molar-refractivity contribution >= 4 is 21.6 Å². The standard InChI is InChI=1S/C15H19BrF3NO/c1-20(9-12-3-2-6-21-10-12)14-5-4-11(8-16)7-13(14)15(17,18)19/h4-5,7,12H,2-3,6,8-10H2,1H3. The van der Waals surface area contributed by atoms with Crippen molar-refractivity contribution in [2.24, 2.45) is 5.92 Å². The Morgan fingerprint density at radius 2 is 2.14 bits per heavy atom. The molecule has 118 valence electrons. The van der Waals surface area contributed by atoms with Crippen LogP contribution in [0.25, 0.3) is 0 Å². The largest absolute Gasteiger partial charge is 0.418 e. The van der Waals surface area contributed by atoms with Gasteiger partial charge in [0.25, 0.3) is 0 Å². The quantitative estimate of drug-likeness (QED) is 0.730. The molecular formula is C15H19BrF3NO. The molecule has 0 amide bonds. The third kappa shape index (κ3) is 4.36. The lowest BCUT2D eigenvalue weighted by Crippen LogP contribution is -2.32. The monoisotopic (exact) mass is 365 g/mol. The molecule has 0 spiro atoms. The minimum atomic E-state index is -4.34. The van der Waals surface area contributed by atoms with E-state index in [-0.39, 0.29) is 5.69 Å². The molecule has 1 saturated heterocycles. The van der Waals surface area contributed by atoms with Crippen LogP contribution >= 0.6 is 15.9 Å². The second-order valence-corrected chi connectivity index (χ2v) is 6.01. The molecule has 0 aliphatic carbocycles. The van der Waals surface area contributed by atoms with Gasteiger partial charge in [-0.3, -0.25) is 0 Å². The first kappa shape index (κ1) is 16.6. The number of alkyl halides is 4. The summed E-state index contributed by atoms with van der Waals surface area (Å²) >= 11 is 3.20. The van der Waals surface area contributed by atoms with E-state index in [4.69, 9.17) is 4.74 Å². The summed E-state index contributed by atoms with van der Waals surface area (Å²) in [5, 5.41) is 0.413. The molecule has 1 aliphatic rings. The van der Waals surface area contributed by atoms with Crippen LogP contribution in [0.3, 0.4) is 0 Å². The first-order valence-corrected chi connectivity index (χ1v) is 8.09. The van der Waals surface area contributed by atoms with Crippen LogP contribution in [-0.2, 0) is 16.2 Å². The van der Waals surface area contributed by atoms with Crippen molar-refractivity contribution in [3.63, 3.8) is 0 Å². The maximum absolute atomic E-state index is 13.2. The summed E-state index contributed by atoms with van der Waals surface area (Å²) in [6.45, 7) is 1.97. The Balaban J connectivity index is 2.20. The summed E-state index contributed by atoms with van der Waals surface area (Å²) in [6.07, 6.45) is -2.36. The molecule has 1 aliphatic heterocycles. The summed E-state index contributed by atoms with van der Waals surface area (Å²) < 4.78 is 45.1. The van der Waals surface area contributed by atoms with E-state index in [0.717, 1.165) is 19.4 Å². The average Bonchev–Trinajstić information content (AvgIpc) is 2.46. The van der Waals surface area contributed by atoms with Gasteiger partial charge in [0.05, 0.1) is 12.2 Å². The number of hydrogen-bond donors (Lipinski definition) is 0. The molecule has 1 aromatic carbocycles. The number of ether oxygens (including phenoxy) is 1. The molecule has 0 aromatic heterocycles. The highest BCUT2D eigenvalue weighted by Gasteiger charge is 2.35. The van der Waals surface area contributed by atoms with E-state index in [1.807, 2.05) is 0 Å². The Kier molecular flexibility index (Phi) is 5.54. The topological polar surface area (TPSA) is 12.5 Å². The van der Waals surface area contributed by atoms with Crippen LogP contribution in [0.15, 0.2) is 18.2 Å². The van der Waals surface area contributed by atoms with Gasteiger partial charge >= 0.3 is 6.18 Å². The highest BCUT2D eigenvalue weighted by molar-refractivity contribution is 9.08. The zero-order valence-electron chi connectivity index (χ0n) is 11.9. The Morgan fingerprint density at radius 3 is 2.71 bits per heavy atom. The lowest BCUT2D eigenvalue weighted by atomic mass is 10.0. The molecule has 6 heteroatoms. The number of rotatable bonds is 4. The van der Waals surface area contributed by atoms with E-state index in [2.05, 4.69) is 15.9 Å². The lowest BCUT2D eigenvalue weighted by molar-refractivity contribution is -0.137. The molecule has 21 heavy (non-hydrogen) atoms. The second-order valence-electron chi connectivity index (χ2n) is 5.45. The normalized spacial score (nSPS) is 19.6. The Hall–Kier alpha value is -0.750. The van der Waals surface area contributed by atoms with Gasteiger partial charge in [-0.05, 0) is 36.5 Å². The minimum Gasteiger partial charge on any atom is -0.381 e. The lowest BCUT2D eigenvalue weighted by Gasteiger charge is -2.30. The fourth-order valence-electron chi connectivity index (χ4n) is 2.66. The van der Waals surface area contributed by atoms with Gasteiger partial charge in [0.15, 0.2) is 0 Å². The summed E-state index contributed by atoms with van der Waals surface area (Å²) in [5.74, 6) is 0.292. The molecule has 1 aromatic rings. The van der Waals surface area contributed by atoms with Crippen LogP contribution in [0.2, 0.25) is 0 Å². The number of halogens is 4. The first-order valence-electron chi connectivity index (χ1n) is 6.96. The van der Waals surface area contributed by atoms with Gasteiger partial charge in [0.1, 0.15) is 0 Å². The molecule has 2 rings (SSSR count). The van der Waals surface area contributed by atoms with E-state index < -0.39 is 11.7 Å². The molecule has 0 bridgehead atoms. The zero-order valence-corrected chi connectivity index (χ0v) is 13.5. The Morgan fingerprint density at radius 1 is 1.38 bits per heavy atom. The number of hydrogen-bond acceptors (Lipinski definition) is 2. The number of anilines is 1. The first-order chi connectivity index (χ1) is 9.91. The van der Waals surface area contributed by atoms with E-state index in [9.17, 15) is 13.2 Å². The van der Waals surface area contributed by atoms with Crippen molar-refractivity contribution in [2.75, 3.05) is 31.7 Å². The van der Waals surface area contributed by atoms with Crippen molar-refractivity contribution in [3.05, 3.63) is 29.3 Å². The molecule has 0 radical (unpaired) electrons. The second kappa shape index (κ2) is 7.01. The van der Waals surface area contributed by atoms with Crippen LogP contribution in [0, 0.1) is 5.92 Å². The number of benzene rings is 1. The smallest absolute Gasteiger partial charge is 0.381 e. The van der Waals surface area contributed by atoms with E-state index in [1.165, 1.54) is 6.07 Å². The highest BCUT2D eigenvalue weighted by atomic mass is 79.9. The number of nitrogens with zero attached hydrogens (tertiary/aromatic N) is 1. The molecule has 0 saturated carbocycles. The summed E-state index contributed by atoms with van der Waals surface area (Å²) in [5.41, 5.74) is 0.289. The van der Waals surface area contributed by atoms with Crippen LogP contribution < -0.4 is 4.90 Å². The van der Waals surface area contributed by atoms with E-state index in [1.54, 1.807) is 24.1 Å². The third-order valence-electron chi connectivity index (χ3n) is 3.72. The summed E-state index contributed by atoms with van der Waals surface area (Å²) in [4.78, 5) is 1.69. The van der Waals surface area contributed by atoms with Crippen LogP contribution in [0.1, 0.15) is 24.0 Å². The Labute approximate surface area is 131 Å². The summed E-state index contributed by atoms with van der Waals surface area (Å²) in [7, 11) is 1.72. The maximum atomic E-state index is 13.2. The Bertz CT molecular complexity index is 472. The zero-order chi connectivity index (χ0) is 15.5. The highest BCUT2D eigenvalue weighted by Crippen LogP contribution is 2.37. The van der Waals surface area contributed by atoms with E-state index >= 15 is 0 Å². The van der Waals surface area contributed by atoms with Crippen LogP contribution in [-0.4, -0.2) is 26.8 Å². The SMILES string of the molecule is CN(CC1CCCOC1)c1ccc(CBr)cc1C(F)(F)F. The maximum Gasteiger partial charge on any atom is 0.418 e. The van der Waals surface area contributed by atoms with Gasteiger partial charge < -0.3 is 9.64 Å². The van der Waals surface area contributed by atoms with Gasteiger partial charge in [-0.15, -0.1) is 0 Å². The molecular weight excluding hydrogens is 347 g/mol. The van der Waals surface area contributed by atoms with Gasteiger partial charge in [0.2, 0.25) is 0 Å². The van der Waals surface area contributed by atoms with Gasteiger partial charge in [-0.25, -0.2) is 0 Å². The van der Waals surface area contributed by atoms with E-state index in [0.29, 0.717) is 30.0 Å². The van der Waals surface area contributed by atoms with Crippen molar-refractivity contribution in [1.29, 1.82) is 0 Å². The van der Waals surface area contributed by atoms with Gasteiger partial charge in [-0.1, -0.05) is 22.0 Å². The molecule has 1 fully saturated rings. The molecule has 0 N–H and O–H groups in total. The van der Waals surface area contributed by atoms with Crippen molar-refractivity contribution in [3.8, 4) is 0 Å². The van der Waals surface area contributed by atoms with Gasteiger partial charge in [-0.2, -0.15) is 13.2 Å². The van der Waals surface area contributed by atoms with Gasteiger partial charge in [0, 0.05) is 31.2 Å². The molecule has 1 unspecified atom stereocenters. The third-order valence-corrected chi connectivity index (χ3v) is 4.37. The minimum absolute atomic E-state index is 0.234. The fraction of sp³-hybridized carbons (Fsp3) is 0.600. The summed E-state index contributed by atoms with van der Waals surface area (Å²) in [6, 6.07) is 4.51. The molecule has 1 heterocycles. The van der Waals surface area contributed by atoms with Crippen LogP contribution in [0.5, 0.6) is 0 Å². The van der Waals surface area contributed by atoms with Crippen LogP contribution in [0.4, 0.5) is 18.9 Å². The average molecular weight is 366 g/mol. The van der Waals surface area contributed by atoms with Crippen molar-refractivity contribution < 1.29 is 17.9 Å². The molecule has 2 nitrogen and oxygen atoms in total. The van der Waals surface area contributed by atoms with Crippen molar-refractivity contribution in [1.82, 2.24) is 0 Å². The predicted molar refractivity (Wildman–Crippen MR) is 80.9 cm³/mol. The fourth-order valence-corrected chi connectivity index (χ4v) is 3.01.